The Hall–Kier alpha value is -3.15. The van der Waals surface area contributed by atoms with E-state index in [-0.39, 0.29) is 5.91 Å². The number of methoxy groups -OCH3 is 1. The molecule has 0 aliphatic carbocycles. The van der Waals surface area contributed by atoms with Crippen LogP contribution in [0.2, 0.25) is 0 Å². The van der Waals surface area contributed by atoms with Crippen molar-refractivity contribution in [2.45, 2.75) is 20.4 Å². The van der Waals surface area contributed by atoms with Crippen molar-refractivity contribution in [1.29, 1.82) is 0 Å². The van der Waals surface area contributed by atoms with Gasteiger partial charge in [-0.25, -0.2) is 4.98 Å². The van der Waals surface area contributed by atoms with Gasteiger partial charge >= 0.3 is 0 Å². The van der Waals surface area contributed by atoms with Gasteiger partial charge in [-0.2, -0.15) is 5.10 Å². The van der Waals surface area contributed by atoms with E-state index >= 15 is 0 Å². The zero-order chi connectivity index (χ0) is 19.4. The van der Waals surface area contributed by atoms with Crippen molar-refractivity contribution in [2.24, 2.45) is 0 Å². The molecule has 0 atom stereocenters. The summed E-state index contributed by atoms with van der Waals surface area (Å²) in [5.41, 5.74) is 4.63. The van der Waals surface area contributed by atoms with E-state index in [1.165, 1.54) is 0 Å². The number of rotatable bonds is 6. The van der Waals surface area contributed by atoms with E-state index in [2.05, 4.69) is 10.1 Å². The molecule has 1 aromatic carbocycles. The molecular weight excluding hydrogens is 340 g/mol. The number of ether oxygens (including phenoxy) is 1. The SMILES string of the molecule is COc1ccc(-c2cccc(C(=O)N(C)CCn3nc(C)cc3C)c2)cn1. The molecule has 3 rings (SSSR count). The Labute approximate surface area is 159 Å². The van der Waals surface area contributed by atoms with Gasteiger partial charge in [-0.15, -0.1) is 0 Å². The number of hydrogen-bond donors (Lipinski definition) is 0. The van der Waals surface area contributed by atoms with Gasteiger partial charge in [0.15, 0.2) is 0 Å². The van der Waals surface area contributed by atoms with Crippen molar-refractivity contribution in [1.82, 2.24) is 19.7 Å². The summed E-state index contributed by atoms with van der Waals surface area (Å²) in [7, 11) is 3.40. The largest absolute Gasteiger partial charge is 0.481 e. The van der Waals surface area contributed by atoms with Gasteiger partial charge in [0.05, 0.1) is 19.3 Å². The highest BCUT2D eigenvalue weighted by Crippen LogP contribution is 2.22. The van der Waals surface area contributed by atoms with Crippen LogP contribution >= 0.6 is 0 Å². The van der Waals surface area contributed by atoms with Crippen molar-refractivity contribution in [2.75, 3.05) is 20.7 Å². The van der Waals surface area contributed by atoms with Gasteiger partial charge in [0.1, 0.15) is 0 Å². The Morgan fingerprint density at radius 3 is 2.59 bits per heavy atom. The molecule has 0 aliphatic heterocycles. The average Bonchev–Trinajstić information content (AvgIpc) is 3.02. The first kappa shape index (κ1) is 18.6. The van der Waals surface area contributed by atoms with E-state index in [1.54, 1.807) is 18.2 Å². The third-order valence-electron chi connectivity index (χ3n) is 4.49. The molecule has 3 aromatic rings. The lowest BCUT2D eigenvalue weighted by Crippen LogP contribution is -2.30. The average molecular weight is 364 g/mol. The highest BCUT2D eigenvalue weighted by atomic mass is 16.5. The molecule has 2 heterocycles. The lowest BCUT2D eigenvalue weighted by molar-refractivity contribution is 0.0788. The Morgan fingerprint density at radius 1 is 1.15 bits per heavy atom. The molecule has 2 aromatic heterocycles. The van der Waals surface area contributed by atoms with E-state index in [0.29, 0.717) is 24.5 Å². The van der Waals surface area contributed by atoms with Crippen molar-refractivity contribution < 1.29 is 9.53 Å². The van der Waals surface area contributed by atoms with Crippen LogP contribution < -0.4 is 4.74 Å². The van der Waals surface area contributed by atoms with Gasteiger partial charge in [-0.3, -0.25) is 9.48 Å². The number of carbonyl (C=O) groups excluding carboxylic acids is 1. The number of benzene rings is 1. The zero-order valence-corrected chi connectivity index (χ0v) is 16.1. The van der Waals surface area contributed by atoms with Crippen molar-refractivity contribution in [3.05, 3.63) is 65.6 Å². The Bertz CT molecular complexity index is 932. The monoisotopic (exact) mass is 364 g/mol. The fourth-order valence-electron chi connectivity index (χ4n) is 2.97. The molecule has 27 heavy (non-hydrogen) atoms. The molecule has 140 valence electrons. The van der Waals surface area contributed by atoms with Crippen LogP contribution in [0.5, 0.6) is 5.88 Å². The van der Waals surface area contributed by atoms with Gasteiger partial charge < -0.3 is 9.64 Å². The first-order valence-electron chi connectivity index (χ1n) is 8.85. The van der Waals surface area contributed by atoms with Crippen LogP contribution in [0.25, 0.3) is 11.1 Å². The predicted molar refractivity (Wildman–Crippen MR) is 105 cm³/mol. The third kappa shape index (κ3) is 4.34. The first-order valence-corrected chi connectivity index (χ1v) is 8.85. The fourth-order valence-corrected chi connectivity index (χ4v) is 2.97. The third-order valence-corrected chi connectivity index (χ3v) is 4.49. The summed E-state index contributed by atoms with van der Waals surface area (Å²) in [6.07, 6.45) is 1.74. The summed E-state index contributed by atoms with van der Waals surface area (Å²) < 4.78 is 7.02. The van der Waals surface area contributed by atoms with Gasteiger partial charge in [-0.05, 0) is 43.7 Å². The molecule has 0 N–H and O–H groups in total. The maximum absolute atomic E-state index is 12.8. The van der Waals surface area contributed by atoms with Gasteiger partial charge in [-0.1, -0.05) is 12.1 Å². The molecule has 0 radical (unpaired) electrons. The van der Waals surface area contributed by atoms with Crippen LogP contribution in [0, 0.1) is 13.8 Å². The lowest BCUT2D eigenvalue weighted by Gasteiger charge is -2.18. The summed E-state index contributed by atoms with van der Waals surface area (Å²) in [6, 6.07) is 13.4. The molecule has 0 spiro atoms. The summed E-state index contributed by atoms with van der Waals surface area (Å²) in [5.74, 6) is 0.551. The van der Waals surface area contributed by atoms with E-state index in [4.69, 9.17) is 4.74 Å². The molecule has 6 heteroatoms. The van der Waals surface area contributed by atoms with Crippen LogP contribution in [0.1, 0.15) is 21.7 Å². The van der Waals surface area contributed by atoms with E-state index in [0.717, 1.165) is 22.5 Å². The van der Waals surface area contributed by atoms with Crippen molar-refractivity contribution in [3.8, 4) is 17.0 Å². The number of pyridine rings is 1. The number of aryl methyl sites for hydroxylation is 2. The summed E-state index contributed by atoms with van der Waals surface area (Å²) in [4.78, 5) is 18.8. The van der Waals surface area contributed by atoms with Gasteiger partial charge in [0.2, 0.25) is 5.88 Å². The number of amides is 1. The minimum absolute atomic E-state index is 0.0140. The van der Waals surface area contributed by atoms with Crippen LogP contribution in [0.3, 0.4) is 0 Å². The Balaban J connectivity index is 1.71. The molecule has 6 nitrogen and oxygen atoms in total. The van der Waals surface area contributed by atoms with Crippen LogP contribution in [0.15, 0.2) is 48.7 Å². The molecule has 0 saturated heterocycles. The molecule has 0 saturated carbocycles. The topological polar surface area (TPSA) is 60.2 Å². The summed E-state index contributed by atoms with van der Waals surface area (Å²) in [5, 5.41) is 4.44. The molecule has 1 amide bonds. The first-order chi connectivity index (χ1) is 13.0. The quantitative estimate of drug-likeness (QED) is 0.673. The zero-order valence-electron chi connectivity index (χ0n) is 16.1. The summed E-state index contributed by atoms with van der Waals surface area (Å²) >= 11 is 0. The second-order valence-corrected chi connectivity index (χ2v) is 6.55. The number of carbonyl (C=O) groups is 1. The molecule has 0 fully saturated rings. The van der Waals surface area contributed by atoms with Crippen molar-refractivity contribution >= 4 is 5.91 Å². The smallest absolute Gasteiger partial charge is 0.253 e. The Morgan fingerprint density at radius 2 is 1.96 bits per heavy atom. The standard InChI is InChI=1S/C21H24N4O2/c1-15-12-16(2)25(23-15)11-10-24(3)21(26)18-7-5-6-17(13-18)19-8-9-20(27-4)22-14-19/h5-9,12-14H,10-11H2,1-4H3. The van der Waals surface area contributed by atoms with Crippen LogP contribution in [-0.2, 0) is 6.54 Å². The maximum atomic E-state index is 12.8. The van der Waals surface area contributed by atoms with Gasteiger partial charge in [0, 0.05) is 42.7 Å². The van der Waals surface area contributed by atoms with Crippen LogP contribution in [0.4, 0.5) is 0 Å². The number of hydrogen-bond acceptors (Lipinski definition) is 4. The molecule has 0 aliphatic rings. The number of likely N-dealkylation sites (N-methyl/N-ethyl adjacent to an activating group) is 1. The molecular formula is C21H24N4O2. The second kappa shape index (κ2) is 8.03. The lowest BCUT2D eigenvalue weighted by atomic mass is 10.0. The maximum Gasteiger partial charge on any atom is 0.253 e. The highest BCUT2D eigenvalue weighted by molar-refractivity contribution is 5.95. The van der Waals surface area contributed by atoms with E-state index in [1.807, 2.05) is 68.0 Å². The fraction of sp³-hybridized carbons (Fsp3) is 0.286. The Kier molecular flexibility index (Phi) is 5.54. The molecule has 0 unspecified atom stereocenters. The van der Waals surface area contributed by atoms with E-state index in [9.17, 15) is 4.79 Å². The summed E-state index contributed by atoms with van der Waals surface area (Å²) in [6.45, 7) is 5.26. The normalized spacial score (nSPS) is 10.7. The number of nitrogens with zero attached hydrogens (tertiary/aromatic N) is 4. The van der Waals surface area contributed by atoms with Crippen molar-refractivity contribution in [3.63, 3.8) is 0 Å². The minimum Gasteiger partial charge on any atom is -0.481 e. The van der Waals surface area contributed by atoms with E-state index < -0.39 is 0 Å². The predicted octanol–water partition coefficient (Wildman–Crippen LogP) is 3.34. The number of aromatic nitrogens is 3. The van der Waals surface area contributed by atoms with Gasteiger partial charge in [0.25, 0.3) is 5.91 Å². The molecule has 0 bridgehead atoms. The minimum atomic E-state index is -0.0140. The highest BCUT2D eigenvalue weighted by Gasteiger charge is 2.13. The van der Waals surface area contributed by atoms with Crippen LogP contribution in [-0.4, -0.2) is 46.3 Å². The second-order valence-electron chi connectivity index (χ2n) is 6.55.